The van der Waals surface area contributed by atoms with Crippen molar-refractivity contribution in [3.05, 3.63) is 63.6 Å². The summed E-state index contributed by atoms with van der Waals surface area (Å²) in [6.07, 6.45) is 1.05. The van der Waals surface area contributed by atoms with Gasteiger partial charge in [-0.1, -0.05) is 61.3 Å². The second kappa shape index (κ2) is 11.9. The minimum atomic E-state index is -3.78. The average molecular weight is 529 g/mol. The Labute approximate surface area is 212 Å². The molecule has 2 amide bonds. The number of hydrogen-bond acceptors (Lipinski definition) is 4. The van der Waals surface area contributed by atoms with Crippen molar-refractivity contribution in [3.8, 4) is 0 Å². The molecule has 0 saturated carbocycles. The Hall–Kier alpha value is -2.29. The van der Waals surface area contributed by atoms with Crippen molar-refractivity contribution < 1.29 is 18.0 Å². The summed E-state index contributed by atoms with van der Waals surface area (Å²) in [4.78, 5) is 27.7. The highest BCUT2D eigenvalue weighted by Crippen LogP contribution is 2.25. The van der Waals surface area contributed by atoms with Crippen LogP contribution in [0.25, 0.3) is 0 Å². The molecule has 7 nitrogen and oxygen atoms in total. The maximum Gasteiger partial charge on any atom is 0.244 e. The molecule has 0 aromatic heterocycles. The molecule has 2 rings (SSSR count). The third-order valence-electron chi connectivity index (χ3n) is 5.27. The van der Waals surface area contributed by atoms with Crippen molar-refractivity contribution >= 4 is 50.7 Å². The van der Waals surface area contributed by atoms with E-state index < -0.39 is 28.5 Å². The van der Waals surface area contributed by atoms with Crippen LogP contribution in [0.1, 0.15) is 31.9 Å². The average Bonchev–Trinajstić information content (AvgIpc) is 2.74. The summed E-state index contributed by atoms with van der Waals surface area (Å²) in [5.41, 5.74) is 1.69. The molecule has 0 radical (unpaired) electrons. The van der Waals surface area contributed by atoms with Crippen molar-refractivity contribution in [2.45, 2.75) is 40.3 Å². The first-order valence-corrected chi connectivity index (χ1v) is 13.5. The molecule has 0 bridgehead atoms. The molecule has 0 saturated heterocycles. The third-order valence-corrected chi connectivity index (χ3v) is 6.98. The number of para-hydroxylation sites is 1. The van der Waals surface area contributed by atoms with Crippen LogP contribution in [0, 0.1) is 12.8 Å². The number of halogens is 2. The highest BCUT2D eigenvalue weighted by atomic mass is 35.5. The van der Waals surface area contributed by atoms with E-state index in [0.717, 1.165) is 10.6 Å². The van der Waals surface area contributed by atoms with Crippen molar-refractivity contribution in [3.63, 3.8) is 0 Å². The van der Waals surface area contributed by atoms with Crippen molar-refractivity contribution in [1.82, 2.24) is 10.2 Å². The summed E-state index contributed by atoms with van der Waals surface area (Å²) in [7, 11) is -3.78. The van der Waals surface area contributed by atoms with Gasteiger partial charge in [0.2, 0.25) is 21.8 Å². The summed E-state index contributed by atoms with van der Waals surface area (Å²) in [5, 5.41) is 3.62. The van der Waals surface area contributed by atoms with Crippen LogP contribution >= 0.6 is 23.2 Å². The van der Waals surface area contributed by atoms with E-state index in [2.05, 4.69) is 5.32 Å². The van der Waals surface area contributed by atoms with Gasteiger partial charge in [0.05, 0.1) is 11.9 Å². The molecule has 10 heteroatoms. The summed E-state index contributed by atoms with van der Waals surface area (Å²) >= 11 is 12.3. The normalized spacial score (nSPS) is 12.4. The van der Waals surface area contributed by atoms with E-state index in [1.54, 1.807) is 56.3 Å². The summed E-state index contributed by atoms with van der Waals surface area (Å²) < 4.78 is 26.3. The molecular formula is C24H31Cl2N3O4S. The number of hydrogen-bond donors (Lipinski definition) is 1. The standard InChI is InChI=1S/C24H31Cl2N3O4S/c1-16(2)13-27-24(31)18(4)28(14-19-10-11-20(25)12-21(19)26)23(30)15-29(34(5,32)33)22-9-7-6-8-17(22)3/h6-12,16,18H,13-15H2,1-5H3,(H,27,31). The Morgan fingerprint density at radius 1 is 1.06 bits per heavy atom. The van der Waals surface area contributed by atoms with E-state index in [9.17, 15) is 18.0 Å². The van der Waals surface area contributed by atoms with Crippen LogP contribution in [0.4, 0.5) is 5.69 Å². The molecule has 0 heterocycles. The Kier molecular flexibility index (Phi) is 9.79. The lowest BCUT2D eigenvalue weighted by Gasteiger charge is -2.32. The number of carbonyl (C=O) groups excluding carboxylic acids is 2. The first kappa shape index (κ1) is 28.0. The van der Waals surface area contributed by atoms with Gasteiger partial charge < -0.3 is 10.2 Å². The number of carbonyl (C=O) groups is 2. The zero-order chi connectivity index (χ0) is 25.6. The molecule has 34 heavy (non-hydrogen) atoms. The fraction of sp³-hybridized carbons (Fsp3) is 0.417. The first-order chi connectivity index (χ1) is 15.8. The minimum Gasteiger partial charge on any atom is -0.354 e. The molecule has 1 atom stereocenters. The Bertz CT molecular complexity index is 1140. The minimum absolute atomic E-state index is 0.0104. The van der Waals surface area contributed by atoms with Crippen LogP contribution in [-0.2, 0) is 26.2 Å². The molecule has 0 aliphatic rings. The zero-order valence-electron chi connectivity index (χ0n) is 20.0. The van der Waals surface area contributed by atoms with Gasteiger partial charge >= 0.3 is 0 Å². The smallest absolute Gasteiger partial charge is 0.244 e. The Morgan fingerprint density at radius 2 is 1.71 bits per heavy atom. The van der Waals surface area contributed by atoms with E-state index in [1.807, 2.05) is 13.8 Å². The number of anilines is 1. The van der Waals surface area contributed by atoms with E-state index in [4.69, 9.17) is 23.2 Å². The van der Waals surface area contributed by atoms with Gasteiger partial charge in [-0.15, -0.1) is 0 Å². The molecule has 1 N–H and O–H groups in total. The molecular weight excluding hydrogens is 497 g/mol. The molecule has 186 valence electrons. The number of benzene rings is 2. The summed E-state index contributed by atoms with van der Waals surface area (Å²) in [5.74, 6) is -0.645. The monoisotopic (exact) mass is 527 g/mol. The third kappa shape index (κ3) is 7.61. The molecule has 2 aromatic rings. The maximum absolute atomic E-state index is 13.5. The molecule has 2 aromatic carbocycles. The van der Waals surface area contributed by atoms with Gasteiger partial charge in [0.1, 0.15) is 12.6 Å². The topological polar surface area (TPSA) is 86.8 Å². The van der Waals surface area contributed by atoms with Crippen molar-refractivity contribution in [1.29, 1.82) is 0 Å². The number of aryl methyl sites for hydroxylation is 1. The van der Waals surface area contributed by atoms with Crippen LogP contribution in [0.5, 0.6) is 0 Å². The summed E-state index contributed by atoms with van der Waals surface area (Å²) in [6.45, 7) is 7.31. The first-order valence-electron chi connectivity index (χ1n) is 10.9. The fourth-order valence-electron chi connectivity index (χ4n) is 3.31. The molecule has 0 spiro atoms. The van der Waals surface area contributed by atoms with Crippen LogP contribution in [0.3, 0.4) is 0 Å². The number of nitrogens with one attached hydrogen (secondary N) is 1. The van der Waals surface area contributed by atoms with Gasteiger partial charge in [-0.05, 0) is 49.1 Å². The lowest BCUT2D eigenvalue weighted by Crippen LogP contribution is -2.51. The number of rotatable bonds is 10. The lowest BCUT2D eigenvalue weighted by atomic mass is 10.1. The van der Waals surface area contributed by atoms with Gasteiger partial charge in [0.15, 0.2) is 0 Å². The van der Waals surface area contributed by atoms with Crippen LogP contribution in [-0.4, -0.2) is 50.5 Å². The largest absolute Gasteiger partial charge is 0.354 e. The number of sulfonamides is 1. The van der Waals surface area contributed by atoms with Gasteiger partial charge in [-0.25, -0.2) is 8.42 Å². The zero-order valence-corrected chi connectivity index (χ0v) is 22.3. The molecule has 0 aliphatic carbocycles. The molecule has 0 fully saturated rings. The van der Waals surface area contributed by atoms with Gasteiger partial charge in [-0.2, -0.15) is 0 Å². The predicted molar refractivity (Wildman–Crippen MR) is 138 cm³/mol. The van der Waals surface area contributed by atoms with E-state index in [-0.39, 0.29) is 18.4 Å². The van der Waals surface area contributed by atoms with E-state index in [1.165, 1.54) is 4.90 Å². The second-order valence-corrected chi connectivity index (χ2v) is 11.4. The molecule has 0 aliphatic heterocycles. The Morgan fingerprint density at radius 3 is 2.26 bits per heavy atom. The van der Waals surface area contributed by atoms with E-state index >= 15 is 0 Å². The van der Waals surface area contributed by atoms with Crippen LogP contribution in [0.2, 0.25) is 10.0 Å². The van der Waals surface area contributed by atoms with Crippen LogP contribution < -0.4 is 9.62 Å². The number of nitrogens with zero attached hydrogens (tertiary/aromatic N) is 2. The van der Waals surface area contributed by atoms with Crippen LogP contribution in [0.15, 0.2) is 42.5 Å². The van der Waals surface area contributed by atoms with Gasteiger partial charge in [0.25, 0.3) is 0 Å². The second-order valence-electron chi connectivity index (χ2n) is 8.63. The quantitative estimate of drug-likeness (QED) is 0.500. The highest BCUT2D eigenvalue weighted by molar-refractivity contribution is 7.92. The summed E-state index contributed by atoms with van der Waals surface area (Å²) in [6, 6.07) is 10.9. The number of amides is 2. The van der Waals surface area contributed by atoms with Gasteiger partial charge in [-0.3, -0.25) is 13.9 Å². The lowest BCUT2D eigenvalue weighted by molar-refractivity contribution is -0.139. The van der Waals surface area contributed by atoms with Gasteiger partial charge in [0, 0.05) is 23.1 Å². The van der Waals surface area contributed by atoms with Crippen molar-refractivity contribution in [2.75, 3.05) is 23.7 Å². The Balaban J connectivity index is 2.41. The fourth-order valence-corrected chi connectivity index (χ4v) is 4.68. The predicted octanol–water partition coefficient (Wildman–Crippen LogP) is 4.26. The molecule has 1 unspecified atom stereocenters. The van der Waals surface area contributed by atoms with E-state index in [0.29, 0.717) is 33.4 Å². The highest BCUT2D eigenvalue weighted by Gasteiger charge is 2.30. The maximum atomic E-state index is 13.5. The SMILES string of the molecule is Cc1ccccc1N(CC(=O)N(Cc1ccc(Cl)cc1Cl)C(C)C(=O)NCC(C)C)S(C)(=O)=O. The van der Waals surface area contributed by atoms with Crippen molar-refractivity contribution in [2.24, 2.45) is 5.92 Å².